The fourth-order valence-electron chi connectivity index (χ4n) is 2.67. The molecule has 0 saturated carbocycles. The number of anilines is 1. The van der Waals surface area contributed by atoms with Crippen molar-refractivity contribution in [3.05, 3.63) is 35.4 Å². The molecule has 1 aromatic heterocycles. The van der Waals surface area contributed by atoms with Gasteiger partial charge < -0.3 is 11.1 Å². The van der Waals surface area contributed by atoms with Crippen LogP contribution >= 0.6 is 23.1 Å². The Morgan fingerprint density at radius 3 is 3.05 bits per heavy atom. The van der Waals surface area contributed by atoms with E-state index in [0.29, 0.717) is 5.13 Å². The molecule has 5 nitrogen and oxygen atoms in total. The van der Waals surface area contributed by atoms with Gasteiger partial charge in [0, 0.05) is 0 Å². The number of benzene rings is 1. The Labute approximate surface area is 137 Å². The summed E-state index contributed by atoms with van der Waals surface area (Å²) in [5, 5.41) is 11.1. The topological polar surface area (TPSA) is 80.9 Å². The number of hydrogen-bond acceptors (Lipinski definition) is 6. The zero-order valence-electron chi connectivity index (χ0n) is 12.3. The van der Waals surface area contributed by atoms with Gasteiger partial charge in [-0.05, 0) is 37.3 Å². The second kappa shape index (κ2) is 6.66. The highest BCUT2D eigenvalue weighted by molar-refractivity contribution is 8.02. The van der Waals surface area contributed by atoms with Crippen LogP contribution in [-0.4, -0.2) is 21.4 Å². The standard InChI is InChI=1S/C15H18N4OS2/c1-9(21-15-19-18-14(16)22-15)13(20)17-12-8-4-6-10-5-2-3-7-11(10)12/h2-3,5,7,9,12H,4,6,8H2,1H3,(H2,16,18)(H,17,20)/t9-,12-/m0/s1. The normalized spacial score (nSPS) is 18.5. The minimum absolute atomic E-state index is 0.0282. The fourth-order valence-corrected chi connectivity index (χ4v) is 4.46. The number of carbonyl (C=O) groups is 1. The van der Waals surface area contributed by atoms with E-state index < -0.39 is 0 Å². The van der Waals surface area contributed by atoms with Crippen LogP contribution in [0.1, 0.15) is 36.9 Å². The van der Waals surface area contributed by atoms with Crippen molar-refractivity contribution in [1.82, 2.24) is 15.5 Å². The molecule has 7 heteroatoms. The molecule has 0 fully saturated rings. The van der Waals surface area contributed by atoms with Crippen molar-refractivity contribution in [2.45, 2.75) is 41.8 Å². The summed E-state index contributed by atoms with van der Waals surface area (Å²) in [5.74, 6) is 0.0282. The fraction of sp³-hybridized carbons (Fsp3) is 0.400. The Morgan fingerprint density at radius 1 is 1.45 bits per heavy atom. The molecule has 0 bridgehead atoms. The molecule has 1 amide bonds. The van der Waals surface area contributed by atoms with Crippen molar-refractivity contribution in [3.63, 3.8) is 0 Å². The number of nitrogens with zero attached hydrogens (tertiary/aromatic N) is 2. The van der Waals surface area contributed by atoms with Crippen LogP contribution in [0.5, 0.6) is 0 Å². The number of nitrogen functional groups attached to an aromatic ring is 1. The minimum Gasteiger partial charge on any atom is -0.374 e. The van der Waals surface area contributed by atoms with Gasteiger partial charge in [0.25, 0.3) is 0 Å². The molecule has 0 aliphatic heterocycles. The summed E-state index contributed by atoms with van der Waals surface area (Å²) >= 11 is 2.70. The highest BCUT2D eigenvalue weighted by atomic mass is 32.2. The van der Waals surface area contributed by atoms with E-state index >= 15 is 0 Å². The molecule has 0 saturated heterocycles. The van der Waals surface area contributed by atoms with E-state index in [1.165, 1.54) is 34.2 Å². The van der Waals surface area contributed by atoms with Gasteiger partial charge in [-0.25, -0.2) is 0 Å². The maximum absolute atomic E-state index is 12.4. The van der Waals surface area contributed by atoms with E-state index in [9.17, 15) is 4.79 Å². The molecule has 2 atom stereocenters. The molecule has 3 rings (SSSR count). The number of carbonyl (C=O) groups excluding carboxylic acids is 1. The molecule has 1 aromatic carbocycles. The molecule has 2 aromatic rings. The Balaban J connectivity index is 1.64. The van der Waals surface area contributed by atoms with Crippen LogP contribution in [0.3, 0.4) is 0 Å². The van der Waals surface area contributed by atoms with Gasteiger partial charge in [0.2, 0.25) is 11.0 Å². The molecule has 1 aliphatic rings. The number of thioether (sulfide) groups is 1. The van der Waals surface area contributed by atoms with Gasteiger partial charge in [0.1, 0.15) is 0 Å². The Hall–Kier alpha value is -1.60. The number of rotatable bonds is 4. The number of amides is 1. The van der Waals surface area contributed by atoms with Crippen molar-refractivity contribution in [1.29, 1.82) is 0 Å². The lowest BCUT2D eigenvalue weighted by molar-refractivity contribution is -0.121. The van der Waals surface area contributed by atoms with Crippen molar-refractivity contribution in [2.75, 3.05) is 5.73 Å². The zero-order chi connectivity index (χ0) is 15.5. The molecular formula is C15H18N4OS2. The second-order valence-electron chi connectivity index (χ2n) is 5.32. The Morgan fingerprint density at radius 2 is 2.27 bits per heavy atom. The third-order valence-corrected chi connectivity index (χ3v) is 5.69. The maximum Gasteiger partial charge on any atom is 0.233 e. The summed E-state index contributed by atoms with van der Waals surface area (Å²) in [6.45, 7) is 1.88. The third kappa shape index (κ3) is 3.41. The van der Waals surface area contributed by atoms with Crippen LogP contribution in [-0.2, 0) is 11.2 Å². The predicted octanol–water partition coefficient (Wildman–Crippen LogP) is 2.79. The van der Waals surface area contributed by atoms with Crippen molar-refractivity contribution >= 4 is 34.1 Å². The van der Waals surface area contributed by atoms with Crippen molar-refractivity contribution in [2.24, 2.45) is 0 Å². The third-order valence-electron chi connectivity index (χ3n) is 3.75. The number of hydrogen-bond donors (Lipinski definition) is 2. The number of nitrogens with one attached hydrogen (secondary N) is 1. The molecule has 116 valence electrons. The van der Waals surface area contributed by atoms with Crippen LogP contribution in [0.25, 0.3) is 0 Å². The van der Waals surface area contributed by atoms with Crippen LogP contribution in [0, 0.1) is 0 Å². The highest BCUT2D eigenvalue weighted by Crippen LogP contribution is 2.31. The predicted molar refractivity (Wildman–Crippen MR) is 89.9 cm³/mol. The summed E-state index contributed by atoms with van der Waals surface area (Å²) in [5.41, 5.74) is 8.16. The molecule has 0 spiro atoms. The number of aryl methyl sites for hydroxylation is 1. The van der Waals surface area contributed by atoms with Gasteiger partial charge in [-0.2, -0.15) is 0 Å². The van der Waals surface area contributed by atoms with E-state index in [-0.39, 0.29) is 17.2 Å². The first-order valence-corrected chi connectivity index (χ1v) is 8.97. The largest absolute Gasteiger partial charge is 0.374 e. The summed E-state index contributed by atoms with van der Waals surface area (Å²) in [6, 6.07) is 8.46. The van der Waals surface area contributed by atoms with Gasteiger partial charge in [-0.15, -0.1) is 10.2 Å². The van der Waals surface area contributed by atoms with E-state index in [2.05, 4.69) is 33.7 Å². The molecule has 0 unspecified atom stereocenters. The molecular weight excluding hydrogens is 316 g/mol. The first-order valence-electron chi connectivity index (χ1n) is 7.27. The lowest BCUT2D eigenvalue weighted by atomic mass is 9.88. The van der Waals surface area contributed by atoms with Crippen LogP contribution in [0.4, 0.5) is 5.13 Å². The average Bonchev–Trinajstić information content (AvgIpc) is 2.92. The Bertz CT molecular complexity index is 673. The van der Waals surface area contributed by atoms with Gasteiger partial charge in [0.05, 0.1) is 11.3 Å². The lowest BCUT2D eigenvalue weighted by Gasteiger charge is -2.27. The molecule has 3 N–H and O–H groups in total. The monoisotopic (exact) mass is 334 g/mol. The zero-order valence-corrected chi connectivity index (χ0v) is 13.9. The molecule has 1 aliphatic carbocycles. The van der Waals surface area contributed by atoms with Crippen LogP contribution < -0.4 is 11.1 Å². The van der Waals surface area contributed by atoms with Gasteiger partial charge in [-0.3, -0.25) is 4.79 Å². The number of aromatic nitrogens is 2. The SMILES string of the molecule is C[C@H](Sc1nnc(N)s1)C(=O)N[C@H]1CCCc2ccccc21. The highest BCUT2D eigenvalue weighted by Gasteiger charge is 2.24. The smallest absolute Gasteiger partial charge is 0.233 e. The van der Waals surface area contributed by atoms with Gasteiger partial charge in [0.15, 0.2) is 4.34 Å². The van der Waals surface area contributed by atoms with Crippen molar-refractivity contribution < 1.29 is 4.79 Å². The van der Waals surface area contributed by atoms with E-state index in [0.717, 1.165) is 23.6 Å². The molecule has 0 radical (unpaired) electrons. The van der Waals surface area contributed by atoms with Gasteiger partial charge in [-0.1, -0.05) is 47.4 Å². The van der Waals surface area contributed by atoms with Gasteiger partial charge >= 0.3 is 0 Å². The first kappa shape index (κ1) is 15.3. The molecule has 22 heavy (non-hydrogen) atoms. The van der Waals surface area contributed by atoms with Crippen LogP contribution in [0.2, 0.25) is 0 Å². The summed E-state index contributed by atoms with van der Waals surface area (Å²) in [6.07, 6.45) is 3.19. The maximum atomic E-state index is 12.4. The lowest BCUT2D eigenvalue weighted by Crippen LogP contribution is -2.35. The minimum atomic E-state index is -0.221. The van der Waals surface area contributed by atoms with E-state index in [4.69, 9.17) is 5.73 Å². The summed E-state index contributed by atoms with van der Waals surface area (Å²) in [7, 11) is 0. The molecule has 1 heterocycles. The van der Waals surface area contributed by atoms with Crippen LogP contribution in [0.15, 0.2) is 28.6 Å². The second-order valence-corrected chi connectivity index (χ2v) is 7.92. The average molecular weight is 334 g/mol. The summed E-state index contributed by atoms with van der Waals surface area (Å²) < 4.78 is 0.726. The quantitative estimate of drug-likeness (QED) is 0.840. The van der Waals surface area contributed by atoms with Crippen molar-refractivity contribution in [3.8, 4) is 0 Å². The van der Waals surface area contributed by atoms with E-state index in [1.807, 2.05) is 13.0 Å². The first-order chi connectivity index (χ1) is 10.6. The summed E-state index contributed by atoms with van der Waals surface area (Å²) in [4.78, 5) is 12.4. The number of nitrogens with two attached hydrogens (primary N) is 1. The Kier molecular flexibility index (Phi) is 4.63. The van der Waals surface area contributed by atoms with E-state index in [1.54, 1.807) is 0 Å². The number of fused-ring (bicyclic) bond motifs is 1.